The number of hydrogen-bond donors (Lipinski definition) is 3. The fourth-order valence-electron chi connectivity index (χ4n) is 3.86. The third kappa shape index (κ3) is 3.63. The molecule has 160 valence electrons. The van der Waals surface area contributed by atoms with Crippen LogP contribution in [0, 0.1) is 11.3 Å². The molecule has 0 radical (unpaired) electrons. The lowest BCUT2D eigenvalue weighted by molar-refractivity contribution is 0.180. The first-order valence-electron chi connectivity index (χ1n) is 9.91. The number of aromatic amines is 1. The number of hydrogen-bond acceptors (Lipinski definition) is 6. The Morgan fingerprint density at radius 1 is 1.20 bits per heavy atom. The van der Waals surface area contributed by atoms with E-state index in [0.717, 1.165) is 27.9 Å². The Morgan fingerprint density at radius 2 is 1.77 bits per heavy atom. The number of aromatic hydroxyl groups is 1. The molecule has 0 amide bonds. The first kappa shape index (κ1) is 21.7. The monoisotopic (exact) mass is 410 g/mol. The van der Waals surface area contributed by atoms with Crippen LogP contribution in [0.15, 0.2) is 23.6 Å². The molecule has 2 aromatic rings. The average Bonchev–Trinajstić information content (AvgIpc) is 3.01. The number of phenols is 1. The molecule has 30 heavy (non-hydrogen) atoms. The number of allylic oxidation sites excluding steroid dienone is 1. The summed E-state index contributed by atoms with van der Waals surface area (Å²) < 4.78 is 10.9. The van der Waals surface area contributed by atoms with Crippen LogP contribution in [-0.4, -0.2) is 22.4 Å². The van der Waals surface area contributed by atoms with Gasteiger partial charge in [-0.05, 0) is 27.5 Å². The molecule has 0 aliphatic carbocycles. The number of methoxy groups -OCH3 is 1. The zero-order valence-electron chi connectivity index (χ0n) is 18.7. The van der Waals surface area contributed by atoms with Gasteiger partial charge in [0.25, 0.3) is 0 Å². The highest BCUT2D eigenvalue weighted by molar-refractivity contribution is 5.59. The lowest BCUT2D eigenvalue weighted by Crippen LogP contribution is -2.23. The normalized spacial score (nSPS) is 16.8. The van der Waals surface area contributed by atoms with Gasteiger partial charge in [-0.15, -0.1) is 5.10 Å². The lowest BCUT2D eigenvalue weighted by atomic mass is 9.75. The highest BCUT2D eigenvalue weighted by Gasteiger charge is 2.37. The number of phenolic OH excluding ortho intramolecular Hbond substituents is 1. The lowest BCUT2D eigenvalue weighted by Gasteiger charge is -2.31. The van der Waals surface area contributed by atoms with E-state index < -0.39 is 5.92 Å². The summed E-state index contributed by atoms with van der Waals surface area (Å²) >= 11 is 0. The van der Waals surface area contributed by atoms with Gasteiger partial charge in [0, 0.05) is 7.11 Å². The minimum Gasteiger partial charge on any atom is -0.507 e. The van der Waals surface area contributed by atoms with E-state index in [1.807, 2.05) is 12.1 Å². The van der Waals surface area contributed by atoms with E-state index in [1.165, 1.54) is 0 Å². The zero-order valence-corrected chi connectivity index (χ0v) is 18.7. The molecule has 0 fully saturated rings. The van der Waals surface area contributed by atoms with Crippen molar-refractivity contribution < 1.29 is 14.6 Å². The van der Waals surface area contributed by atoms with E-state index in [9.17, 15) is 10.4 Å². The third-order valence-electron chi connectivity index (χ3n) is 5.39. The van der Waals surface area contributed by atoms with E-state index >= 15 is 0 Å². The standard InChI is InChI=1S/C23H30N4O3/c1-22(2,3)14-8-12(9-15(19(14)28)23(4,5)6)17-13(10-24)20(25)30-21-18(17)16(11-29-7)26-27-21/h8-9,17,28H,11,25H2,1-7H3,(H,26,27)/t17-/m1/s1. The Hall–Kier alpha value is -2.98. The van der Waals surface area contributed by atoms with Crippen LogP contribution in [0.2, 0.25) is 0 Å². The van der Waals surface area contributed by atoms with Crippen LogP contribution in [-0.2, 0) is 22.2 Å². The molecule has 0 bridgehead atoms. The number of aromatic nitrogens is 2. The number of H-pyrrole nitrogens is 1. The van der Waals surface area contributed by atoms with Crippen molar-refractivity contribution in [1.82, 2.24) is 10.2 Å². The Labute approximate surface area is 177 Å². The second-order valence-corrected chi connectivity index (χ2v) is 9.74. The molecule has 0 spiro atoms. The molecule has 1 aliphatic heterocycles. The molecule has 0 saturated heterocycles. The van der Waals surface area contributed by atoms with Crippen LogP contribution >= 0.6 is 0 Å². The van der Waals surface area contributed by atoms with Gasteiger partial charge >= 0.3 is 0 Å². The van der Waals surface area contributed by atoms with Crippen molar-refractivity contribution >= 4 is 0 Å². The quantitative estimate of drug-likeness (QED) is 0.702. The SMILES string of the molecule is COCc1[nH]nc2c1[C@H](c1cc(C(C)(C)C)c(O)c(C(C)(C)C)c1)C(C#N)=C(N)O2. The van der Waals surface area contributed by atoms with Crippen LogP contribution in [0.3, 0.4) is 0 Å². The second kappa shape index (κ2) is 7.37. The highest BCUT2D eigenvalue weighted by Crippen LogP contribution is 2.47. The molecule has 0 unspecified atom stereocenters. The van der Waals surface area contributed by atoms with Crippen molar-refractivity contribution in [1.29, 1.82) is 5.26 Å². The van der Waals surface area contributed by atoms with Crippen molar-refractivity contribution in [2.75, 3.05) is 7.11 Å². The average molecular weight is 411 g/mol. The predicted octanol–water partition coefficient (Wildman–Crippen LogP) is 4.07. The summed E-state index contributed by atoms with van der Waals surface area (Å²) in [6.45, 7) is 12.6. The first-order chi connectivity index (χ1) is 13.9. The van der Waals surface area contributed by atoms with Gasteiger partial charge in [-0.25, -0.2) is 0 Å². The molecule has 2 heterocycles. The van der Waals surface area contributed by atoms with Crippen LogP contribution in [0.4, 0.5) is 0 Å². The first-order valence-corrected chi connectivity index (χ1v) is 9.91. The van der Waals surface area contributed by atoms with Gasteiger partial charge in [0.1, 0.15) is 17.4 Å². The zero-order chi connectivity index (χ0) is 22.4. The van der Waals surface area contributed by atoms with Crippen LogP contribution in [0.25, 0.3) is 0 Å². The van der Waals surface area contributed by atoms with E-state index in [2.05, 4.69) is 57.8 Å². The van der Waals surface area contributed by atoms with Gasteiger partial charge in [-0.1, -0.05) is 53.7 Å². The number of nitrogens with zero attached hydrogens (tertiary/aromatic N) is 2. The van der Waals surface area contributed by atoms with Gasteiger partial charge in [-0.3, -0.25) is 5.10 Å². The summed E-state index contributed by atoms with van der Waals surface area (Å²) in [5.74, 6) is 0.177. The molecule has 1 aromatic heterocycles. The molecule has 1 aliphatic rings. The fourth-order valence-corrected chi connectivity index (χ4v) is 3.86. The molecule has 7 nitrogen and oxygen atoms in total. The predicted molar refractivity (Wildman–Crippen MR) is 114 cm³/mol. The molecule has 4 N–H and O–H groups in total. The van der Waals surface area contributed by atoms with Crippen molar-refractivity contribution in [3.63, 3.8) is 0 Å². The molecule has 3 rings (SSSR count). The maximum absolute atomic E-state index is 11.1. The number of ether oxygens (including phenoxy) is 2. The molecular weight excluding hydrogens is 380 g/mol. The Bertz CT molecular complexity index is 1010. The molecule has 1 aromatic carbocycles. The number of benzene rings is 1. The van der Waals surface area contributed by atoms with E-state index in [0.29, 0.717) is 11.5 Å². The second-order valence-electron chi connectivity index (χ2n) is 9.74. The summed E-state index contributed by atoms with van der Waals surface area (Å²) in [4.78, 5) is 0. The maximum atomic E-state index is 11.1. The van der Waals surface area contributed by atoms with Crippen molar-refractivity contribution in [3.8, 4) is 17.7 Å². The number of fused-ring (bicyclic) bond motifs is 1. The molecule has 7 heteroatoms. The van der Waals surface area contributed by atoms with Crippen molar-refractivity contribution in [2.24, 2.45) is 5.73 Å². The summed E-state index contributed by atoms with van der Waals surface area (Å²) in [5, 5.41) is 28.2. The van der Waals surface area contributed by atoms with Crippen LogP contribution in [0.5, 0.6) is 11.6 Å². The summed E-state index contributed by atoms with van der Waals surface area (Å²) in [6, 6.07) is 6.13. The minimum atomic E-state index is -0.481. The summed E-state index contributed by atoms with van der Waals surface area (Å²) in [6.07, 6.45) is 0. The minimum absolute atomic E-state index is 0.0353. The van der Waals surface area contributed by atoms with Gasteiger partial charge in [0.15, 0.2) is 0 Å². The smallest absolute Gasteiger partial charge is 0.244 e. The third-order valence-corrected chi connectivity index (χ3v) is 5.39. The molecular formula is C23H30N4O3. The van der Waals surface area contributed by atoms with Crippen molar-refractivity contribution in [2.45, 2.75) is 64.9 Å². The van der Waals surface area contributed by atoms with Gasteiger partial charge < -0.3 is 20.3 Å². The molecule has 1 atom stereocenters. The maximum Gasteiger partial charge on any atom is 0.244 e. The fraction of sp³-hybridized carbons (Fsp3) is 0.478. The van der Waals surface area contributed by atoms with Gasteiger partial charge in [0.05, 0.1) is 23.8 Å². The number of nitrogens with one attached hydrogen (secondary N) is 1. The number of nitrogens with two attached hydrogens (primary N) is 1. The largest absolute Gasteiger partial charge is 0.507 e. The highest BCUT2D eigenvalue weighted by atomic mass is 16.5. The Balaban J connectivity index is 2.36. The van der Waals surface area contributed by atoms with E-state index in [-0.39, 0.29) is 29.1 Å². The summed E-state index contributed by atoms with van der Waals surface area (Å²) in [7, 11) is 1.59. The van der Waals surface area contributed by atoms with E-state index in [1.54, 1.807) is 7.11 Å². The van der Waals surface area contributed by atoms with E-state index in [4.69, 9.17) is 15.2 Å². The topological polar surface area (TPSA) is 117 Å². The van der Waals surface area contributed by atoms with Crippen molar-refractivity contribution in [3.05, 3.63) is 51.5 Å². The summed E-state index contributed by atoms with van der Waals surface area (Å²) in [5.41, 5.74) is 9.72. The number of rotatable bonds is 3. The Kier molecular flexibility index (Phi) is 5.33. The van der Waals surface area contributed by atoms with Crippen LogP contribution < -0.4 is 10.5 Å². The van der Waals surface area contributed by atoms with Crippen LogP contribution in [0.1, 0.15) is 75.4 Å². The Morgan fingerprint density at radius 3 is 2.23 bits per heavy atom. The molecule has 0 saturated carbocycles. The number of nitriles is 1. The van der Waals surface area contributed by atoms with Gasteiger partial charge in [-0.2, -0.15) is 5.26 Å². The van der Waals surface area contributed by atoms with Gasteiger partial charge in [0.2, 0.25) is 11.8 Å².